The number of rotatable bonds is 3. The molecule has 1 N–H and O–H groups in total. The van der Waals surface area contributed by atoms with Gasteiger partial charge < -0.3 is 0 Å². The highest BCUT2D eigenvalue weighted by Crippen LogP contribution is 2.17. The van der Waals surface area contributed by atoms with Crippen LogP contribution in [0.2, 0.25) is 0 Å². The van der Waals surface area contributed by atoms with Crippen LogP contribution in [0.5, 0.6) is 0 Å². The van der Waals surface area contributed by atoms with Crippen LogP contribution in [0.3, 0.4) is 0 Å². The Morgan fingerprint density at radius 1 is 1.53 bits per heavy atom. The second-order valence-electron chi connectivity index (χ2n) is 3.57. The first-order valence-electron chi connectivity index (χ1n) is 5.01. The Kier molecular flexibility index (Phi) is 3.18. The summed E-state index contributed by atoms with van der Waals surface area (Å²) in [6.45, 7) is 0. The van der Waals surface area contributed by atoms with Gasteiger partial charge in [0.05, 0.1) is 0 Å². The van der Waals surface area contributed by atoms with Crippen molar-refractivity contribution in [3.8, 4) is 6.07 Å². The van der Waals surface area contributed by atoms with E-state index in [-0.39, 0.29) is 11.4 Å². The third-order valence-electron chi connectivity index (χ3n) is 2.16. The summed E-state index contributed by atoms with van der Waals surface area (Å²) in [6, 6.07) is 4.03. The lowest BCUT2D eigenvalue weighted by atomic mass is 10.4. The molecule has 0 spiro atoms. The van der Waals surface area contributed by atoms with Crippen LogP contribution < -0.4 is 4.72 Å². The second-order valence-corrected chi connectivity index (χ2v) is 5.17. The fourth-order valence-electron chi connectivity index (χ4n) is 1.39. The minimum absolute atomic E-state index is 0.0300. The molecule has 2 aromatic rings. The van der Waals surface area contributed by atoms with Gasteiger partial charge in [-0.2, -0.15) is 18.8 Å². The quantitative estimate of drug-likeness (QED) is 0.889. The van der Waals surface area contributed by atoms with Gasteiger partial charge in [-0.3, -0.25) is 9.40 Å². The molecule has 2 rings (SSSR count). The first-order valence-corrected chi connectivity index (χ1v) is 6.49. The van der Waals surface area contributed by atoms with Gasteiger partial charge in [0.2, 0.25) is 5.03 Å². The van der Waals surface area contributed by atoms with Crippen molar-refractivity contribution < 1.29 is 12.8 Å². The van der Waals surface area contributed by atoms with E-state index in [2.05, 4.69) is 10.1 Å². The summed E-state index contributed by atoms with van der Waals surface area (Å²) in [6.07, 6.45) is 2.49. The van der Waals surface area contributed by atoms with Crippen molar-refractivity contribution in [2.24, 2.45) is 7.05 Å². The highest BCUT2D eigenvalue weighted by Gasteiger charge is 2.23. The van der Waals surface area contributed by atoms with Crippen molar-refractivity contribution in [1.82, 2.24) is 14.8 Å². The lowest BCUT2D eigenvalue weighted by molar-refractivity contribution is 0.556. The fraction of sp³-hybridized carbons (Fsp3) is 0.100. The van der Waals surface area contributed by atoms with Gasteiger partial charge in [0.1, 0.15) is 11.6 Å². The molecule has 9 heteroatoms. The molecule has 7 nitrogen and oxygen atoms in total. The van der Waals surface area contributed by atoms with E-state index in [4.69, 9.17) is 5.26 Å². The van der Waals surface area contributed by atoms with E-state index < -0.39 is 20.9 Å². The van der Waals surface area contributed by atoms with Crippen molar-refractivity contribution in [3.05, 3.63) is 35.9 Å². The predicted molar refractivity (Wildman–Crippen MR) is 62.9 cm³/mol. The summed E-state index contributed by atoms with van der Waals surface area (Å²) < 4.78 is 40.6. The summed E-state index contributed by atoms with van der Waals surface area (Å²) in [5.74, 6) is -1.15. The molecular formula is C10H8FN5O2S. The Labute approximate surface area is 108 Å². The van der Waals surface area contributed by atoms with Crippen LogP contribution >= 0.6 is 0 Å². The van der Waals surface area contributed by atoms with Gasteiger partial charge in [0, 0.05) is 19.4 Å². The molecule has 2 aromatic heterocycles. The fourth-order valence-corrected chi connectivity index (χ4v) is 2.42. The Morgan fingerprint density at radius 3 is 2.89 bits per heavy atom. The van der Waals surface area contributed by atoms with Gasteiger partial charge in [0.15, 0.2) is 11.6 Å². The normalized spacial score (nSPS) is 11.0. The highest BCUT2D eigenvalue weighted by molar-refractivity contribution is 7.92. The zero-order valence-corrected chi connectivity index (χ0v) is 10.5. The average Bonchev–Trinajstić information content (AvgIpc) is 2.69. The smallest absolute Gasteiger partial charge is 0.272 e. The van der Waals surface area contributed by atoms with Crippen LogP contribution in [-0.2, 0) is 17.1 Å². The first-order chi connectivity index (χ1) is 8.94. The van der Waals surface area contributed by atoms with E-state index in [0.717, 1.165) is 12.3 Å². The minimum atomic E-state index is -4.23. The molecule has 0 atom stereocenters. The van der Waals surface area contributed by atoms with Crippen LogP contribution in [0.4, 0.5) is 10.2 Å². The molecule has 0 bridgehead atoms. The topological polar surface area (TPSA) is 101 Å². The van der Waals surface area contributed by atoms with Crippen LogP contribution in [0.1, 0.15) is 5.56 Å². The van der Waals surface area contributed by atoms with Crippen molar-refractivity contribution in [3.63, 3.8) is 0 Å². The molecule has 2 heterocycles. The van der Waals surface area contributed by atoms with E-state index in [1.54, 1.807) is 6.07 Å². The molecule has 0 saturated heterocycles. The number of halogens is 1. The van der Waals surface area contributed by atoms with Gasteiger partial charge in [-0.25, -0.2) is 9.37 Å². The maximum Gasteiger partial charge on any atom is 0.283 e. The predicted octanol–water partition coefficient (Wildman–Crippen LogP) is 0.627. The van der Waals surface area contributed by atoms with E-state index in [9.17, 15) is 12.8 Å². The standard InChI is InChI=1S/C10H8FN5O2S/c1-16-6-7(5-12)9(14-16)15-19(17,18)10-8(11)3-2-4-13-10/h2-4,6H,1H3,(H,14,15). The van der Waals surface area contributed by atoms with Crippen LogP contribution in [0.25, 0.3) is 0 Å². The van der Waals surface area contributed by atoms with Gasteiger partial charge >= 0.3 is 0 Å². The summed E-state index contributed by atoms with van der Waals surface area (Å²) in [5.41, 5.74) is 0.0300. The van der Waals surface area contributed by atoms with Crippen molar-refractivity contribution in [1.29, 1.82) is 5.26 Å². The maximum atomic E-state index is 13.4. The number of hydrogen-bond donors (Lipinski definition) is 1. The Bertz CT molecular complexity index is 762. The van der Waals surface area contributed by atoms with E-state index in [0.29, 0.717) is 0 Å². The molecular weight excluding hydrogens is 273 g/mol. The molecule has 0 aromatic carbocycles. The average molecular weight is 281 g/mol. The molecule has 0 aliphatic carbocycles. The minimum Gasteiger partial charge on any atom is -0.272 e. The number of aryl methyl sites for hydroxylation is 1. The molecule has 0 aliphatic rings. The van der Waals surface area contributed by atoms with Gasteiger partial charge in [-0.15, -0.1) is 0 Å². The summed E-state index contributed by atoms with van der Waals surface area (Å²) in [7, 11) is -2.70. The molecule has 0 radical (unpaired) electrons. The number of anilines is 1. The zero-order valence-electron chi connectivity index (χ0n) is 9.70. The number of nitrogens with zero attached hydrogens (tertiary/aromatic N) is 4. The number of aromatic nitrogens is 3. The monoisotopic (exact) mass is 281 g/mol. The third kappa shape index (κ3) is 2.53. The highest BCUT2D eigenvalue weighted by atomic mass is 32.2. The molecule has 19 heavy (non-hydrogen) atoms. The maximum absolute atomic E-state index is 13.4. The third-order valence-corrected chi connectivity index (χ3v) is 3.43. The molecule has 0 saturated carbocycles. The number of nitrogens with one attached hydrogen (secondary N) is 1. The van der Waals surface area contributed by atoms with Crippen molar-refractivity contribution >= 4 is 15.8 Å². The van der Waals surface area contributed by atoms with E-state index in [1.165, 1.54) is 24.0 Å². The number of sulfonamides is 1. The lowest BCUT2D eigenvalue weighted by Gasteiger charge is -2.05. The number of hydrogen-bond acceptors (Lipinski definition) is 5. The van der Waals surface area contributed by atoms with Gasteiger partial charge in [0.25, 0.3) is 10.0 Å². The second kappa shape index (κ2) is 4.66. The van der Waals surface area contributed by atoms with Gasteiger partial charge in [-0.05, 0) is 12.1 Å². The van der Waals surface area contributed by atoms with Crippen molar-refractivity contribution in [2.75, 3.05) is 4.72 Å². The molecule has 0 amide bonds. The molecule has 98 valence electrons. The van der Waals surface area contributed by atoms with Crippen LogP contribution in [-0.4, -0.2) is 23.2 Å². The van der Waals surface area contributed by atoms with E-state index in [1.807, 2.05) is 4.72 Å². The lowest BCUT2D eigenvalue weighted by Crippen LogP contribution is -2.17. The SMILES string of the molecule is Cn1cc(C#N)c(NS(=O)(=O)c2ncccc2F)n1. The zero-order chi connectivity index (χ0) is 14.0. The summed E-state index contributed by atoms with van der Waals surface area (Å²) in [5, 5.41) is 11.9. The first kappa shape index (κ1) is 13.0. The van der Waals surface area contributed by atoms with E-state index >= 15 is 0 Å². The summed E-state index contributed by atoms with van der Waals surface area (Å²) >= 11 is 0. The Balaban J connectivity index is 2.43. The Hall–Kier alpha value is -2.47. The molecule has 0 fully saturated rings. The molecule has 0 unspecified atom stereocenters. The van der Waals surface area contributed by atoms with Crippen LogP contribution in [0, 0.1) is 17.1 Å². The largest absolute Gasteiger partial charge is 0.283 e. The number of nitriles is 1. The van der Waals surface area contributed by atoms with Gasteiger partial charge in [-0.1, -0.05) is 0 Å². The summed E-state index contributed by atoms with van der Waals surface area (Å²) in [4.78, 5) is 3.47. The van der Waals surface area contributed by atoms with Crippen LogP contribution in [0.15, 0.2) is 29.6 Å². The number of pyridine rings is 1. The van der Waals surface area contributed by atoms with Crippen molar-refractivity contribution in [2.45, 2.75) is 5.03 Å². The Morgan fingerprint density at radius 2 is 2.26 bits per heavy atom. The molecule has 0 aliphatic heterocycles.